The van der Waals surface area contributed by atoms with Crippen molar-refractivity contribution in [3.63, 3.8) is 0 Å². The van der Waals surface area contributed by atoms with E-state index in [1.807, 2.05) is 155 Å². The summed E-state index contributed by atoms with van der Waals surface area (Å²) < 4.78 is 41.4. The summed E-state index contributed by atoms with van der Waals surface area (Å²) in [5.74, 6) is 1.17. The van der Waals surface area contributed by atoms with E-state index in [0.29, 0.717) is 26.6 Å². The maximum Gasteiger partial charge on any atom is 0.327 e. The number of methoxy groups -OCH3 is 2. The van der Waals surface area contributed by atoms with Crippen LogP contribution in [0, 0.1) is 0 Å². The van der Waals surface area contributed by atoms with Crippen molar-refractivity contribution in [1.29, 1.82) is 0 Å². The smallest absolute Gasteiger partial charge is 0.327 e. The number of aromatic hydroxyl groups is 1. The largest absolute Gasteiger partial charge is 0.508 e. The molecule has 0 aliphatic heterocycles. The van der Waals surface area contributed by atoms with Crippen molar-refractivity contribution in [1.82, 2.24) is 68.9 Å². The van der Waals surface area contributed by atoms with Gasteiger partial charge in [0.1, 0.15) is 43.8 Å². The zero-order chi connectivity index (χ0) is 75.0. The van der Waals surface area contributed by atoms with E-state index in [-0.39, 0.29) is 216 Å². The molecule has 0 fully saturated rings. The summed E-state index contributed by atoms with van der Waals surface area (Å²) in [5.41, 5.74) is 8.98. The van der Waals surface area contributed by atoms with Crippen LogP contribution < -0.4 is 4.74 Å². The van der Waals surface area contributed by atoms with E-state index in [9.17, 15) is 14.7 Å². The number of rotatable bonds is 22. The van der Waals surface area contributed by atoms with Gasteiger partial charge < -0.3 is 39.0 Å². The monoisotopic (exact) mass is 2170 g/mol. The van der Waals surface area contributed by atoms with E-state index in [4.69, 9.17) is 24.4 Å². The molecule has 0 bridgehead atoms. The first kappa shape index (κ1) is 102. The van der Waals surface area contributed by atoms with Crippen LogP contribution in [0.15, 0.2) is 213 Å². The number of esters is 2. The number of hydrogen-bond donors (Lipinski definition) is 4. The number of phenols is 1. The second-order valence-electron chi connectivity index (χ2n) is 26.2. The Labute approximate surface area is 808 Å². The molecule has 0 atom stereocenters. The van der Waals surface area contributed by atoms with Gasteiger partial charge in [-0.1, -0.05) is 103 Å². The molecule has 4 N–H and O–H groups in total. The fourth-order valence-corrected chi connectivity index (χ4v) is 13.3. The number of nitrogens with one attached hydrogen (secondary N) is 1. The van der Waals surface area contributed by atoms with Crippen LogP contribution in [0.4, 0.5) is 0 Å². The number of phenolic OH excluding ortho intramolecular Hbond substituents is 1. The number of ether oxygens (including phenoxy) is 5. The molecule has 14 rings (SSSR count). The summed E-state index contributed by atoms with van der Waals surface area (Å²) in [5, 5.41) is 64.7. The minimum absolute atomic E-state index is 0. The van der Waals surface area contributed by atoms with Crippen molar-refractivity contribution in [2.45, 2.75) is 91.0 Å². The molecule has 0 amide bonds. The molecule has 36 heteroatoms. The van der Waals surface area contributed by atoms with Crippen molar-refractivity contribution in [3.05, 3.63) is 213 Å². The van der Waals surface area contributed by atoms with E-state index < -0.39 is 16.1 Å². The number of aliphatic hydroxyl groups excluding tert-OH is 2. The maximum absolute atomic E-state index is 11.1. The number of fused-ring (bicyclic) bond motifs is 5. The van der Waals surface area contributed by atoms with Crippen molar-refractivity contribution >= 4 is 155 Å². The number of halogens is 4. The molecule has 0 saturated carbocycles. The predicted molar refractivity (Wildman–Crippen MR) is 435 cm³/mol. The van der Waals surface area contributed by atoms with Gasteiger partial charge in [-0.2, -0.15) is 35.7 Å². The van der Waals surface area contributed by atoms with Gasteiger partial charge in [0.05, 0.1) is 104 Å². The topological polar surface area (TPSA) is 277 Å². The first-order chi connectivity index (χ1) is 50.4. The number of aliphatic hydroxyl groups is 2. The van der Waals surface area contributed by atoms with Gasteiger partial charge in [0.25, 0.3) is 0 Å². The number of aromatic amines is 1. The van der Waals surface area contributed by atoms with Gasteiger partial charge in [-0.25, -0.2) is 9.36 Å². The average molecular weight is 2170 g/mol. The summed E-state index contributed by atoms with van der Waals surface area (Å²) in [6.07, 6.45) is 12.5. The van der Waals surface area contributed by atoms with Crippen LogP contribution in [-0.2, 0) is 232 Å². The number of benzene rings is 7. The van der Waals surface area contributed by atoms with Crippen LogP contribution in [0.2, 0.25) is 51.4 Å². The second kappa shape index (κ2) is 51.1. The molecule has 568 valence electrons. The number of nitrogens with zero attached hydrogens (tertiary/aromatic N) is 13. The third-order valence-electron chi connectivity index (χ3n) is 15.8. The molecule has 0 saturated heterocycles. The molecular weight excluding hydrogens is 2090 g/mol. The Balaban J connectivity index is 0.000000356. The Bertz CT molecular complexity index is 5110. The van der Waals surface area contributed by atoms with Gasteiger partial charge in [0.2, 0.25) is 0 Å². The van der Waals surface area contributed by atoms with Crippen LogP contribution in [0.3, 0.4) is 0 Å². The van der Waals surface area contributed by atoms with Crippen molar-refractivity contribution < 1.29 is 212 Å². The molecule has 7 heterocycles. The summed E-state index contributed by atoms with van der Waals surface area (Å²) in [4.78, 5) is 22.1. The van der Waals surface area contributed by atoms with Gasteiger partial charge in [0.15, 0.2) is 0 Å². The van der Waals surface area contributed by atoms with E-state index in [2.05, 4.69) is 153 Å². The molecule has 111 heavy (non-hydrogen) atoms. The van der Waals surface area contributed by atoms with E-state index in [1.54, 1.807) is 68.0 Å². The normalized spacial score (nSPS) is 10.6. The summed E-state index contributed by atoms with van der Waals surface area (Å²) >= 11 is 13.5. The van der Waals surface area contributed by atoms with Gasteiger partial charge in [0, 0.05) is 276 Å². The number of aromatic nitrogens is 14. The second-order valence-corrected chi connectivity index (χ2v) is 41.1. The Morgan fingerprint density at radius 2 is 0.892 bits per heavy atom. The summed E-state index contributed by atoms with van der Waals surface area (Å²) in [7, 11) is 0.587. The van der Waals surface area contributed by atoms with Crippen molar-refractivity contribution in [2.24, 2.45) is 0 Å². The fourth-order valence-electron chi connectivity index (χ4n) is 10.2. The number of hydrogen-bond acceptors (Lipinski definition) is 17. The first-order valence-electron chi connectivity index (χ1n) is 33.5. The number of H-pyrrole nitrogens is 1. The molecular formula is C75H84BBr4N14O10Si2Y5. The molecule has 8 radical (unpaired) electrons. The summed E-state index contributed by atoms with van der Waals surface area (Å²) in [6, 6.07) is 50.7. The Morgan fingerprint density at radius 1 is 0.468 bits per heavy atom. The van der Waals surface area contributed by atoms with E-state index in [1.165, 1.54) is 14.2 Å². The molecule has 0 aliphatic rings. The van der Waals surface area contributed by atoms with Gasteiger partial charge >= 0.3 is 11.9 Å². The van der Waals surface area contributed by atoms with Crippen LogP contribution >= 0.6 is 63.7 Å². The van der Waals surface area contributed by atoms with E-state index >= 15 is 0 Å². The molecule has 7 aromatic heterocycles. The molecule has 7 aromatic carbocycles. The molecule has 0 aliphatic carbocycles. The van der Waals surface area contributed by atoms with Crippen molar-refractivity contribution in [3.8, 4) is 39.8 Å². The molecule has 14 aromatic rings. The van der Waals surface area contributed by atoms with Crippen LogP contribution in [0.1, 0.15) is 0 Å². The molecule has 0 spiro atoms. The van der Waals surface area contributed by atoms with Gasteiger partial charge in [-0.3, -0.25) is 33.4 Å². The molecule has 0 unspecified atom stereocenters. The standard InChI is InChI=1S/C24H30N4O3Si.C15H22N2O2Si.2C10H9BrN2O2.C9H9BrN2O.C7H5BrN2.B.5Y/c1-32(2,3)15-14-30-18-28-24(10-11-25-28)19-4-6-21(7-5-19)31-22-8-9-23-20(16-22)17-26-27(23)12-13-29;1-20(2,3)11-10-19-12-17-15(8-9-16-17)13-4-6-14(18)7-5-13;1-15-10(14)6-13-5-7-4-8(11)2-3-9(7)12-13;1-15-10(14)6-13-9-3-2-8(11)4-7(9)5-12-13;10-8-1-2-9-7(5-8)6-11-12(9)3-4-13;8-6-1-2-7-5(3-6)4-9-10-7;;;;;;/h4-11,16-17,29H,12-15,18H2,1-3H3;4-9,18H,10-12H2,1-3H3;2*2-5H,6H2,1H3;1-2,5-6,13H,3-4H2;1-4H,(H,9,10);;;;;;. The molecule has 24 nitrogen and oxygen atoms in total. The van der Waals surface area contributed by atoms with Crippen molar-refractivity contribution in [2.75, 3.05) is 40.6 Å². The van der Waals surface area contributed by atoms with Crippen LogP contribution in [-0.4, -0.2) is 161 Å². The third-order valence-corrected chi connectivity index (χ3v) is 21.2. The van der Waals surface area contributed by atoms with Crippen LogP contribution in [0.5, 0.6) is 17.2 Å². The summed E-state index contributed by atoms with van der Waals surface area (Å²) in [6.45, 7) is 18.0. The Hall–Kier alpha value is -3.37. The SMILES string of the molecule is Brc1ccc2[nH]ncc2c1.COC(=O)Cn1cc2cc(Br)ccc2n1.COC(=O)Cn1ncc2cc(Br)ccc21.C[Si](C)(C)CCOCn1nccc1-c1ccc(O)cc1.C[Si](C)(C)CCOCn1nccc1-c1ccc(Oc2ccc3c(cnn3CCO)c2)cc1.OCCn1ncc2cc(Br)ccc21.[B].[Y].[Y].[Y].[Y].[Y]. The quantitative estimate of drug-likeness (QED) is 0.0279. The predicted octanol–water partition coefficient (Wildman–Crippen LogP) is 16.2. The average Bonchev–Trinajstić information content (AvgIpc) is 1.70. The van der Waals surface area contributed by atoms with Crippen LogP contribution in [0.25, 0.3) is 77.0 Å². The maximum atomic E-state index is 11.1. The Kier molecular flexibility index (Phi) is 46.8. The first-order valence-corrected chi connectivity index (χ1v) is 44.0. The number of carbonyl (C=O) groups excluding carboxylic acids is 2. The fraction of sp³-hybridized carbons (Fsp3) is 0.267. The third kappa shape index (κ3) is 32.8. The zero-order valence-electron chi connectivity index (χ0n) is 62.9. The van der Waals surface area contributed by atoms with Gasteiger partial charge in [-0.05, 0) is 164 Å². The minimum Gasteiger partial charge on any atom is -0.508 e. The minimum atomic E-state index is -1.10. The zero-order valence-corrected chi connectivity index (χ0v) is 85.5. The van der Waals surface area contributed by atoms with Gasteiger partial charge in [-0.15, -0.1) is 0 Å². The Morgan fingerprint density at radius 3 is 1.39 bits per heavy atom. The number of carbonyl (C=O) groups is 2. The van der Waals surface area contributed by atoms with E-state index in [0.717, 1.165) is 132 Å².